The first-order valence-corrected chi connectivity index (χ1v) is 11.4. The maximum Gasteiger partial charge on any atom is 0.279 e. The number of hydrogen-bond donors (Lipinski definition) is 0. The number of benzene rings is 3. The molecule has 1 atom stereocenters. The topological polar surface area (TPSA) is 75.5 Å². The first kappa shape index (κ1) is 19.4. The van der Waals surface area contributed by atoms with Crippen LogP contribution in [0.25, 0.3) is 11.0 Å². The summed E-state index contributed by atoms with van der Waals surface area (Å²) in [5.74, 6) is 0. The van der Waals surface area contributed by atoms with Gasteiger partial charge in [0, 0.05) is 24.4 Å². The van der Waals surface area contributed by atoms with E-state index in [0.29, 0.717) is 11.9 Å². The fraction of sp³-hybridized carbons (Fsp3) is 0.125. The molecule has 0 spiro atoms. The summed E-state index contributed by atoms with van der Waals surface area (Å²) < 4.78 is 28.5. The van der Waals surface area contributed by atoms with Crippen LogP contribution in [0.5, 0.6) is 0 Å². The predicted octanol–water partition coefficient (Wildman–Crippen LogP) is 4.48. The van der Waals surface area contributed by atoms with Crippen LogP contribution < -0.4 is 0 Å². The van der Waals surface area contributed by atoms with Gasteiger partial charge in [0.05, 0.1) is 27.7 Å². The van der Waals surface area contributed by atoms with Gasteiger partial charge in [-0.3, -0.25) is 9.97 Å². The average Bonchev–Trinajstić information content (AvgIpc) is 3.26. The number of nitrogens with zero attached hydrogens (tertiary/aromatic N) is 4. The maximum absolute atomic E-state index is 13.6. The molecule has 0 fully saturated rings. The molecule has 31 heavy (non-hydrogen) atoms. The molecule has 5 rings (SSSR count). The molecule has 0 bridgehead atoms. The molecule has 0 unspecified atom stereocenters. The lowest BCUT2D eigenvalue weighted by Gasteiger charge is -2.24. The van der Waals surface area contributed by atoms with E-state index in [9.17, 15) is 8.42 Å². The van der Waals surface area contributed by atoms with Gasteiger partial charge >= 0.3 is 0 Å². The smallest absolute Gasteiger partial charge is 0.253 e. The molecule has 4 aromatic rings. The van der Waals surface area contributed by atoms with E-state index in [1.807, 2.05) is 55.5 Å². The number of aromatic nitrogens is 2. The third kappa shape index (κ3) is 3.47. The van der Waals surface area contributed by atoms with Crippen LogP contribution in [-0.2, 0) is 10.0 Å². The van der Waals surface area contributed by atoms with Crippen molar-refractivity contribution >= 4 is 26.8 Å². The Kier molecular flexibility index (Phi) is 4.75. The highest BCUT2D eigenvalue weighted by atomic mass is 32.2. The van der Waals surface area contributed by atoms with Crippen LogP contribution in [0.4, 0.5) is 0 Å². The molecule has 0 amide bonds. The van der Waals surface area contributed by atoms with E-state index in [1.165, 1.54) is 4.41 Å². The van der Waals surface area contributed by atoms with Crippen molar-refractivity contribution in [2.75, 3.05) is 0 Å². The molecule has 2 heterocycles. The quantitative estimate of drug-likeness (QED) is 0.480. The third-order valence-corrected chi connectivity index (χ3v) is 7.13. The van der Waals surface area contributed by atoms with E-state index in [-0.39, 0.29) is 4.90 Å². The molecule has 1 aromatic heterocycles. The fourth-order valence-electron chi connectivity index (χ4n) is 3.85. The molecule has 0 saturated heterocycles. The second-order valence-electron chi connectivity index (χ2n) is 7.49. The Hall–Kier alpha value is -3.58. The molecule has 0 aliphatic carbocycles. The number of aryl methyl sites for hydroxylation is 1. The lowest BCUT2D eigenvalue weighted by Crippen LogP contribution is -2.27. The molecular formula is C24H20N4O2S. The summed E-state index contributed by atoms with van der Waals surface area (Å²) in [6.45, 7) is 1.93. The molecule has 1 aliphatic rings. The third-order valence-electron chi connectivity index (χ3n) is 5.43. The van der Waals surface area contributed by atoms with Crippen LogP contribution in [0.3, 0.4) is 0 Å². The monoisotopic (exact) mass is 428 g/mol. The minimum atomic E-state index is -3.86. The Morgan fingerprint density at radius 1 is 0.871 bits per heavy atom. The van der Waals surface area contributed by atoms with Gasteiger partial charge in [-0.25, -0.2) is 0 Å². The molecule has 154 valence electrons. The molecular weight excluding hydrogens is 408 g/mol. The summed E-state index contributed by atoms with van der Waals surface area (Å²) in [5.41, 5.74) is 4.82. The summed E-state index contributed by atoms with van der Waals surface area (Å²) in [4.78, 5) is 9.08. The molecule has 0 saturated carbocycles. The van der Waals surface area contributed by atoms with Crippen molar-refractivity contribution in [1.29, 1.82) is 0 Å². The second-order valence-corrected chi connectivity index (χ2v) is 9.29. The summed E-state index contributed by atoms with van der Waals surface area (Å²) in [7, 11) is -3.86. The lowest BCUT2D eigenvalue weighted by molar-refractivity contribution is 0.373. The predicted molar refractivity (Wildman–Crippen MR) is 120 cm³/mol. The van der Waals surface area contributed by atoms with Crippen LogP contribution in [-0.4, -0.2) is 28.5 Å². The minimum Gasteiger partial charge on any atom is -0.253 e. The SMILES string of the molecule is Cc1ccc(S(=O)(=O)N2N=C(c3ccccc3)C[C@@H]2c2cccc3nccnc23)cc1. The molecule has 1 aliphatic heterocycles. The van der Waals surface area contributed by atoms with Crippen molar-refractivity contribution in [2.24, 2.45) is 5.10 Å². The number of sulfonamides is 1. The number of hydrazone groups is 1. The molecule has 0 N–H and O–H groups in total. The summed E-state index contributed by atoms with van der Waals surface area (Å²) >= 11 is 0. The van der Waals surface area contributed by atoms with Crippen molar-refractivity contribution < 1.29 is 8.42 Å². The average molecular weight is 429 g/mol. The van der Waals surface area contributed by atoms with Crippen molar-refractivity contribution in [2.45, 2.75) is 24.3 Å². The fourth-order valence-corrected chi connectivity index (χ4v) is 5.27. The second kappa shape index (κ2) is 7.59. The Balaban J connectivity index is 1.67. The molecule has 6 nitrogen and oxygen atoms in total. The van der Waals surface area contributed by atoms with Gasteiger partial charge in [0.25, 0.3) is 10.0 Å². The van der Waals surface area contributed by atoms with E-state index >= 15 is 0 Å². The minimum absolute atomic E-state index is 0.215. The Labute approximate surface area is 181 Å². The van der Waals surface area contributed by atoms with E-state index in [1.54, 1.807) is 36.7 Å². The van der Waals surface area contributed by atoms with Crippen LogP contribution in [0.1, 0.15) is 29.2 Å². The zero-order chi connectivity index (χ0) is 21.4. The van der Waals surface area contributed by atoms with Crippen LogP contribution in [0.2, 0.25) is 0 Å². The van der Waals surface area contributed by atoms with Gasteiger partial charge in [0.15, 0.2) is 0 Å². The maximum atomic E-state index is 13.6. The van der Waals surface area contributed by atoms with E-state index in [2.05, 4.69) is 15.1 Å². The number of rotatable bonds is 4. The largest absolute Gasteiger partial charge is 0.279 e. The van der Waals surface area contributed by atoms with Gasteiger partial charge < -0.3 is 0 Å². The van der Waals surface area contributed by atoms with E-state index in [0.717, 1.165) is 27.9 Å². The van der Waals surface area contributed by atoms with Crippen LogP contribution in [0, 0.1) is 6.92 Å². The zero-order valence-electron chi connectivity index (χ0n) is 16.9. The first-order valence-electron chi connectivity index (χ1n) is 9.98. The summed E-state index contributed by atoms with van der Waals surface area (Å²) in [6.07, 6.45) is 3.71. The standard InChI is InChI=1S/C24H20N4O2S/c1-17-10-12-19(13-11-17)31(29,30)28-23(16-22(27-28)18-6-3-2-4-7-18)20-8-5-9-21-24(20)26-15-14-25-21/h2-15,23H,16H2,1H3/t23-/m1/s1. The van der Waals surface area contributed by atoms with Gasteiger partial charge in [-0.1, -0.05) is 60.2 Å². The molecule has 0 radical (unpaired) electrons. The number of fused-ring (bicyclic) bond motifs is 1. The Morgan fingerprint density at radius 2 is 1.61 bits per heavy atom. The first-order chi connectivity index (χ1) is 15.0. The van der Waals surface area contributed by atoms with Gasteiger partial charge in [0.1, 0.15) is 0 Å². The van der Waals surface area contributed by atoms with Gasteiger partial charge in [-0.15, -0.1) is 0 Å². The van der Waals surface area contributed by atoms with Crippen LogP contribution >= 0.6 is 0 Å². The number of para-hydroxylation sites is 1. The lowest BCUT2D eigenvalue weighted by atomic mass is 9.98. The highest BCUT2D eigenvalue weighted by Crippen LogP contribution is 2.39. The highest BCUT2D eigenvalue weighted by molar-refractivity contribution is 7.89. The summed E-state index contributed by atoms with van der Waals surface area (Å²) in [5, 5.41) is 4.61. The zero-order valence-corrected chi connectivity index (χ0v) is 17.7. The van der Waals surface area contributed by atoms with Gasteiger partial charge in [-0.2, -0.15) is 17.9 Å². The Morgan fingerprint density at radius 3 is 2.39 bits per heavy atom. The van der Waals surface area contributed by atoms with Crippen molar-refractivity contribution in [3.8, 4) is 0 Å². The van der Waals surface area contributed by atoms with Crippen LogP contribution in [0.15, 0.2) is 95.2 Å². The normalized spacial score (nSPS) is 16.5. The molecule has 7 heteroatoms. The van der Waals surface area contributed by atoms with Crippen molar-refractivity contribution in [3.05, 3.63) is 102 Å². The van der Waals surface area contributed by atoms with Gasteiger partial charge in [-0.05, 0) is 30.7 Å². The Bertz CT molecular complexity index is 1380. The molecule has 3 aromatic carbocycles. The van der Waals surface area contributed by atoms with E-state index in [4.69, 9.17) is 0 Å². The summed E-state index contributed by atoms with van der Waals surface area (Å²) in [6, 6.07) is 21.7. The highest BCUT2D eigenvalue weighted by Gasteiger charge is 2.38. The van der Waals surface area contributed by atoms with Crippen molar-refractivity contribution in [3.63, 3.8) is 0 Å². The number of hydrogen-bond acceptors (Lipinski definition) is 5. The van der Waals surface area contributed by atoms with Crippen molar-refractivity contribution in [1.82, 2.24) is 14.4 Å². The van der Waals surface area contributed by atoms with Gasteiger partial charge in [0.2, 0.25) is 0 Å². The van der Waals surface area contributed by atoms with E-state index < -0.39 is 16.1 Å².